The molecule has 2 rings (SSSR count). The summed E-state index contributed by atoms with van der Waals surface area (Å²) in [6.07, 6.45) is 3.89. The smallest absolute Gasteiger partial charge is 0.226 e. The van der Waals surface area contributed by atoms with Crippen LogP contribution in [0.2, 0.25) is 5.02 Å². The van der Waals surface area contributed by atoms with Gasteiger partial charge in [0.05, 0.1) is 17.1 Å². The van der Waals surface area contributed by atoms with Crippen molar-refractivity contribution in [1.82, 2.24) is 19.6 Å². The van der Waals surface area contributed by atoms with E-state index in [2.05, 4.69) is 10.3 Å². The molecule has 0 saturated carbocycles. The summed E-state index contributed by atoms with van der Waals surface area (Å²) in [4.78, 5) is 18.1. The van der Waals surface area contributed by atoms with Crippen LogP contribution in [0.3, 0.4) is 0 Å². The Morgan fingerprint density at radius 2 is 2.21 bits per heavy atom. The van der Waals surface area contributed by atoms with Gasteiger partial charge >= 0.3 is 0 Å². The molecular weight excluding hydrogens is 264 g/mol. The summed E-state index contributed by atoms with van der Waals surface area (Å²) < 4.78 is 1.82. The van der Waals surface area contributed by atoms with Gasteiger partial charge in [-0.3, -0.25) is 4.79 Å². The Morgan fingerprint density at radius 1 is 1.42 bits per heavy atom. The maximum absolute atomic E-state index is 11.7. The van der Waals surface area contributed by atoms with Crippen molar-refractivity contribution in [3.63, 3.8) is 0 Å². The summed E-state index contributed by atoms with van der Waals surface area (Å²) in [5, 5.41) is 3.51. The molecule has 0 aliphatic rings. The third kappa shape index (κ3) is 3.94. The summed E-state index contributed by atoms with van der Waals surface area (Å²) in [6.45, 7) is 1.47. The zero-order valence-corrected chi connectivity index (χ0v) is 11.8. The van der Waals surface area contributed by atoms with Gasteiger partial charge < -0.3 is 14.6 Å². The molecule has 0 aliphatic carbocycles. The lowest BCUT2D eigenvalue weighted by Crippen LogP contribution is -2.32. The van der Waals surface area contributed by atoms with Gasteiger partial charge in [-0.25, -0.2) is 4.98 Å². The Labute approximate surface area is 117 Å². The minimum absolute atomic E-state index is 0.0173. The number of nitrogens with one attached hydrogen (secondary N) is 1. The highest BCUT2D eigenvalue weighted by molar-refractivity contribution is 6.30. The normalized spacial score (nSPS) is 11.2. The Bertz CT molecular complexity index is 579. The average molecular weight is 281 g/mol. The molecule has 0 spiro atoms. The van der Waals surface area contributed by atoms with Crippen LogP contribution in [0.4, 0.5) is 0 Å². The molecule has 1 amide bonds. The number of carbonyl (C=O) groups is 1. The second-order valence-electron chi connectivity index (χ2n) is 4.68. The predicted octanol–water partition coefficient (Wildman–Crippen LogP) is 1.21. The Hall–Kier alpha value is -1.59. The molecule has 0 saturated heterocycles. The molecule has 0 atom stereocenters. The topological polar surface area (TPSA) is 49.6 Å². The molecule has 19 heavy (non-hydrogen) atoms. The molecule has 2 aromatic rings. The summed E-state index contributed by atoms with van der Waals surface area (Å²) in [5.74, 6) is -0.0173. The van der Waals surface area contributed by atoms with Crippen LogP contribution in [-0.4, -0.2) is 47.4 Å². The van der Waals surface area contributed by atoms with Crippen molar-refractivity contribution in [2.75, 3.05) is 27.2 Å². The molecule has 1 N–H and O–H groups in total. The molecule has 0 aliphatic heterocycles. The molecule has 5 nitrogen and oxygen atoms in total. The van der Waals surface area contributed by atoms with E-state index >= 15 is 0 Å². The second kappa shape index (κ2) is 6.04. The highest BCUT2D eigenvalue weighted by Gasteiger charge is 2.07. The van der Waals surface area contributed by atoms with Crippen molar-refractivity contribution >= 4 is 23.2 Å². The van der Waals surface area contributed by atoms with E-state index in [-0.39, 0.29) is 12.3 Å². The zero-order chi connectivity index (χ0) is 13.8. The number of fused-ring (bicyclic) bond motifs is 1. The van der Waals surface area contributed by atoms with Crippen molar-refractivity contribution in [3.8, 4) is 0 Å². The number of imidazole rings is 1. The number of amides is 1. The molecular formula is C13H17ClN4O. The summed E-state index contributed by atoms with van der Waals surface area (Å²) in [7, 11) is 3.94. The molecule has 0 fully saturated rings. The third-order valence-electron chi connectivity index (χ3n) is 2.69. The fraction of sp³-hybridized carbons (Fsp3) is 0.385. The maximum Gasteiger partial charge on any atom is 0.226 e. The average Bonchev–Trinajstić information content (AvgIpc) is 2.69. The molecule has 2 heterocycles. The first-order valence-corrected chi connectivity index (χ1v) is 6.47. The van der Waals surface area contributed by atoms with Crippen LogP contribution in [-0.2, 0) is 11.2 Å². The molecule has 2 aromatic heterocycles. The van der Waals surface area contributed by atoms with Gasteiger partial charge in [0.15, 0.2) is 0 Å². The fourth-order valence-electron chi connectivity index (χ4n) is 1.75. The van der Waals surface area contributed by atoms with Gasteiger partial charge in [-0.15, -0.1) is 0 Å². The quantitative estimate of drug-likeness (QED) is 0.896. The number of carbonyl (C=O) groups excluding carboxylic acids is 1. The van der Waals surface area contributed by atoms with Crippen LogP contribution in [0.1, 0.15) is 5.69 Å². The standard InChI is InChI=1S/C13H17ClN4O/c1-17(2)6-5-15-13(19)7-11-9-18-8-10(14)3-4-12(18)16-11/h3-4,8-9H,5-7H2,1-2H3,(H,15,19). The van der Waals surface area contributed by atoms with Crippen LogP contribution in [0, 0.1) is 0 Å². The SMILES string of the molecule is CN(C)CCNC(=O)Cc1cn2cc(Cl)ccc2n1. The summed E-state index contributed by atoms with van der Waals surface area (Å²) >= 11 is 5.90. The molecule has 0 bridgehead atoms. The van der Waals surface area contributed by atoms with Gasteiger partial charge in [0.25, 0.3) is 0 Å². The highest BCUT2D eigenvalue weighted by Crippen LogP contribution is 2.11. The monoisotopic (exact) mass is 280 g/mol. The van der Waals surface area contributed by atoms with Crippen molar-refractivity contribution in [2.24, 2.45) is 0 Å². The largest absolute Gasteiger partial charge is 0.354 e. The van der Waals surface area contributed by atoms with E-state index in [9.17, 15) is 4.79 Å². The first kappa shape index (κ1) is 13.8. The second-order valence-corrected chi connectivity index (χ2v) is 5.11. The maximum atomic E-state index is 11.7. The van der Waals surface area contributed by atoms with E-state index < -0.39 is 0 Å². The highest BCUT2D eigenvalue weighted by atomic mass is 35.5. The lowest BCUT2D eigenvalue weighted by molar-refractivity contribution is -0.120. The summed E-state index contributed by atoms with van der Waals surface area (Å²) in [5.41, 5.74) is 1.53. The van der Waals surface area contributed by atoms with Gasteiger partial charge in [-0.05, 0) is 26.2 Å². The number of hydrogen-bond acceptors (Lipinski definition) is 3. The van der Waals surface area contributed by atoms with Crippen LogP contribution in [0.15, 0.2) is 24.5 Å². The minimum Gasteiger partial charge on any atom is -0.354 e. The number of aromatic nitrogens is 2. The Balaban J connectivity index is 1.95. The first-order valence-electron chi connectivity index (χ1n) is 6.09. The number of likely N-dealkylation sites (N-methyl/N-ethyl adjacent to an activating group) is 1. The van der Waals surface area contributed by atoms with Crippen LogP contribution < -0.4 is 5.32 Å². The Kier molecular flexibility index (Phi) is 4.39. The van der Waals surface area contributed by atoms with Crippen LogP contribution in [0.5, 0.6) is 0 Å². The van der Waals surface area contributed by atoms with Crippen LogP contribution >= 0.6 is 11.6 Å². The zero-order valence-electron chi connectivity index (χ0n) is 11.1. The van der Waals surface area contributed by atoms with E-state index in [4.69, 9.17) is 11.6 Å². The fourth-order valence-corrected chi connectivity index (χ4v) is 1.92. The van der Waals surface area contributed by atoms with Gasteiger partial charge in [-0.1, -0.05) is 11.6 Å². The minimum atomic E-state index is -0.0173. The predicted molar refractivity (Wildman–Crippen MR) is 75.5 cm³/mol. The molecule has 0 unspecified atom stereocenters. The van der Waals surface area contributed by atoms with Crippen LogP contribution in [0.25, 0.3) is 5.65 Å². The van der Waals surface area contributed by atoms with Gasteiger partial charge in [0.2, 0.25) is 5.91 Å². The van der Waals surface area contributed by atoms with E-state index in [1.807, 2.05) is 35.7 Å². The number of rotatable bonds is 5. The van der Waals surface area contributed by atoms with Crippen molar-refractivity contribution in [2.45, 2.75) is 6.42 Å². The molecule has 0 radical (unpaired) electrons. The van der Waals surface area contributed by atoms with Crippen molar-refractivity contribution in [1.29, 1.82) is 0 Å². The lowest BCUT2D eigenvalue weighted by atomic mass is 10.3. The molecule has 6 heteroatoms. The number of hydrogen-bond donors (Lipinski definition) is 1. The number of pyridine rings is 1. The van der Waals surface area contributed by atoms with Gasteiger partial charge in [-0.2, -0.15) is 0 Å². The molecule has 102 valence electrons. The van der Waals surface area contributed by atoms with E-state index in [1.54, 1.807) is 12.3 Å². The van der Waals surface area contributed by atoms with Gasteiger partial charge in [0, 0.05) is 25.5 Å². The number of nitrogens with zero attached hydrogens (tertiary/aromatic N) is 3. The lowest BCUT2D eigenvalue weighted by Gasteiger charge is -2.09. The van der Waals surface area contributed by atoms with E-state index in [1.165, 1.54) is 0 Å². The molecule has 0 aromatic carbocycles. The van der Waals surface area contributed by atoms with Crippen molar-refractivity contribution < 1.29 is 4.79 Å². The van der Waals surface area contributed by atoms with Crippen molar-refractivity contribution in [3.05, 3.63) is 35.2 Å². The first-order chi connectivity index (χ1) is 9.04. The van der Waals surface area contributed by atoms with E-state index in [0.717, 1.165) is 17.9 Å². The summed E-state index contributed by atoms with van der Waals surface area (Å²) in [6, 6.07) is 3.61. The Morgan fingerprint density at radius 3 is 2.95 bits per heavy atom. The van der Waals surface area contributed by atoms with Gasteiger partial charge in [0.1, 0.15) is 5.65 Å². The van der Waals surface area contributed by atoms with E-state index in [0.29, 0.717) is 11.6 Å². The number of halogens is 1. The third-order valence-corrected chi connectivity index (χ3v) is 2.91.